The van der Waals surface area contributed by atoms with Gasteiger partial charge in [-0.2, -0.15) is 0 Å². The Bertz CT molecular complexity index is 758. The van der Waals surface area contributed by atoms with E-state index in [9.17, 15) is 8.42 Å². The van der Waals surface area contributed by atoms with Crippen LogP contribution in [0, 0.1) is 6.92 Å². The first kappa shape index (κ1) is 16.3. The van der Waals surface area contributed by atoms with Gasteiger partial charge in [0.25, 0.3) is 0 Å². The first-order valence-corrected chi connectivity index (χ1v) is 8.40. The molecule has 0 unspecified atom stereocenters. The van der Waals surface area contributed by atoms with E-state index in [2.05, 4.69) is 4.72 Å². The van der Waals surface area contributed by atoms with Crippen molar-refractivity contribution in [1.82, 2.24) is 4.72 Å². The van der Waals surface area contributed by atoms with Crippen molar-refractivity contribution in [2.24, 2.45) is 0 Å². The van der Waals surface area contributed by atoms with Crippen LogP contribution < -0.4 is 15.2 Å². The molecule has 0 amide bonds. The van der Waals surface area contributed by atoms with Gasteiger partial charge in [0.15, 0.2) is 0 Å². The molecule has 2 aromatic carbocycles. The highest BCUT2D eigenvalue weighted by molar-refractivity contribution is 7.89. The lowest BCUT2D eigenvalue weighted by Gasteiger charge is -2.11. The average molecular weight is 320 g/mol. The van der Waals surface area contributed by atoms with Crippen molar-refractivity contribution in [3.05, 3.63) is 53.6 Å². The summed E-state index contributed by atoms with van der Waals surface area (Å²) in [6.45, 7) is 2.03. The number of anilines is 1. The van der Waals surface area contributed by atoms with Crippen LogP contribution in [-0.4, -0.2) is 22.1 Å². The van der Waals surface area contributed by atoms with Gasteiger partial charge in [-0.25, -0.2) is 13.1 Å². The molecule has 2 aromatic rings. The Labute approximate surface area is 131 Å². The third kappa shape index (κ3) is 3.78. The molecule has 2 rings (SSSR count). The Morgan fingerprint density at radius 1 is 1.18 bits per heavy atom. The summed E-state index contributed by atoms with van der Waals surface area (Å²) in [6, 6.07) is 12.4. The number of benzene rings is 2. The number of para-hydroxylation sites is 1. The molecule has 0 aliphatic rings. The van der Waals surface area contributed by atoms with Gasteiger partial charge in [0.2, 0.25) is 10.0 Å². The molecule has 6 heteroatoms. The van der Waals surface area contributed by atoms with Crippen LogP contribution in [0.5, 0.6) is 5.75 Å². The van der Waals surface area contributed by atoms with Crippen LogP contribution in [0.3, 0.4) is 0 Å². The minimum atomic E-state index is -3.57. The number of methoxy groups -OCH3 is 1. The zero-order valence-corrected chi connectivity index (χ0v) is 13.5. The second-order valence-electron chi connectivity index (χ2n) is 4.98. The van der Waals surface area contributed by atoms with Crippen LogP contribution >= 0.6 is 0 Å². The van der Waals surface area contributed by atoms with Gasteiger partial charge in [-0.3, -0.25) is 0 Å². The van der Waals surface area contributed by atoms with E-state index in [4.69, 9.17) is 10.5 Å². The van der Waals surface area contributed by atoms with Crippen LogP contribution in [0.1, 0.15) is 11.1 Å². The Morgan fingerprint density at radius 2 is 1.91 bits per heavy atom. The number of rotatable bonds is 6. The van der Waals surface area contributed by atoms with E-state index >= 15 is 0 Å². The van der Waals surface area contributed by atoms with Crippen molar-refractivity contribution >= 4 is 15.7 Å². The fraction of sp³-hybridized carbons (Fsp3) is 0.250. The molecule has 0 saturated heterocycles. The van der Waals surface area contributed by atoms with E-state index in [1.807, 2.05) is 24.3 Å². The van der Waals surface area contributed by atoms with Gasteiger partial charge in [-0.05, 0) is 42.7 Å². The molecule has 22 heavy (non-hydrogen) atoms. The van der Waals surface area contributed by atoms with Crippen LogP contribution in [0.15, 0.2) is 47.4 Å². The van der Waals surface area contributed by atoms with Crippen LogP contribution in [0.2, 0.25) is 0 Å². The van der Waals surface area contributed by atoms with E-state index in [1.165, 1.54) is 6.07 Å². The predicted molar refractivity (Wildman–Crippen MR) is 87.5 cm³/mol. The Morgan fingerprint density at radius 3 is 2.64 bits per heavy atom. The number of nitrogens with two attached hydrogens (primary N) is 1. The first-order chi connectivity index (χ1) is 10.4. The van der Waals surface area contributed by atoms with Gasteiger partial charge < -0.3 is 10.5 Å². The molecule has 0 bridgehead atoms. The summed E-state index contributed by atoms with van der Waals surface area (Å²) in [6.07, 6.45) is 0.546. The Kier molecular flexibility index (Phi) is 5.05. The number of ether oxygens (including phenoxy) is 1. The summed E-state index contributed by atoms with van der Waals surface area (Å²) in [4.78, 5) is 0.215. The second kappa shape index (κ2) is 6.81. The van der Waals surface area contributed by atoms with Crippen LogP contribution in [0.25, 0.3) is 0 Å². The zero-order valence-electron chi connectivity index (χ0n) is 12.7. The summed E-state index contributed by atoms with van der Waals surface area (Å²) in [5, 5.41) is 0. The lowest BCUT2D eigenvalue weighted by molar-refractivity contribution is 0.409. The van der Waals surface area contributed by atoms with Crippen LogP contribution in [-0.2, 0) is 16.4 Å². The molecule has 0 spiro atoms. The fourth-order valence-electron chi connectivity index (χ4n) is 2.21. The van der Waals surface area contributed by atoms with Crippen molar-refractivity contribution < 1.29 is 13.2 Å². The largest absolute Gasteiger partial charge is 0.496 e. The number of nitrogen functional groups attached to an aromatic ring is 1. The molecule has 118 valence electrons. The topological polar surface area (TPSA) is 81.4 Å². The van der Waals surface area contributed by atoms with E-state index in [0.717, 1.165) is 11.3 Å². The number of nitrogens with one attached hydrogen (secondary N) is 1. The highest BCUT2D eigenvalue weighted by Gasteiger charge is 2.16. The minimum Gasteiger partial charge on any atom is -0.496 e. The summed E-state index contributed by atoms with van der Waals surface area (Å²) in [5.74, 6) is 0.752. The first-order valence-electron chi connectivity index (χ1n) is 6.92. The number of aryl methyl sites for hydroxylation is 1. The molecule has 3 N–H and O–H groups in total. The monoisotopic (exact) mass is 320 g/mol. The van der Waals surface area contributed by atoms with Crippen LogP contribution in [0.4, 0.5) is 5.69 Å². The molecule has 0 atom stereocenters. The molecular weight excluding hydrogens is 300 g/mol. The normalized spacial score (nSPS) is 11.4. The zero-order chi connectivity index (χ0) is 16.2. The lowest BCUT2D eigenvalue weighted by Crippen LogP contribution is -2.26. The van der Waals surface area contributed by atoms with E-state index in [1.54, 1.807) is 26.2 Å². The van der Waals surface area contributed by atoms with Gasteiger partial charge >= 0.3 is 0 Å². The Hall–Kier alpha value is -2.05. The molecule has 0 aromatic heterocycles. The maximum atomic E-state index is 12.4. The highest BCUT2D eigenvalue weighted by Crippen LogP contribution is 2.19. The summed E-state index contributed by atoms with van der Waals surface area (Å²) < 4.78 is 32.6. The van der Waals surface area contributed by atoms with Gasteiger partial charge in [0.05, 0.1) is 12.0 Å². The van der Waals surface area contributed by atoms with Crippen molar-refractivity contribution in [1.29, 1.82) is 0 Å². The van der Waals surface area contributed by atoms with E-state index in [0.29, 0.717) is 17.7 Å². The third-order valence-corrected chi connectivity index (χ3v) is 4.98. The van der Waals surface area contributed by atoms with Crippen molar-refractivity contribution in [3.63, 3.8) is 0 Å². The maximum Gasteiger partial charge on any atom is 0.240 e. The standard InChI is InChI=1S/C16H20N2O3S/c1-12-7-8-14(17)11-16(12)22(19,20)18-10-9-13-5-3-4-6-15(13)21-2/h3-8,11,18H,9-10,17H2,1-2H3. The van der Waals surface area contributed by atoms with Crippen molar-refractivity contribution in [3.8, 4) is 5.75 Å². The SMILES string of the molecule is COc1ccccc1CCNS(=O)(=O)c1cc(N)ccc1C. The fourth-order valence-corrected chi connectivity index (χ4v) is 3.52. The number of hydrogen-bond donors (Lipinski definition) is 2. The van der Waals surface area contributed by atoms with Gasteiger partial charge in [-0.15, -0.1) is 0 Å². The summed E-state index contributed by atoms with van der Waals surface area (Å²) in [5.41, 5.74) is 7.72. The van der Waals surface area contributed by atoms with E-state index < -0.39 is 10.0 Å². The second-order valence-corrected chi connectivity index (χ2v) is 6.72. The number of sulfonamides is 1. The highest BCUT2D eigenvalue weighted by atomic mass is 32.2. The van der Waals surface area contributed by atoms with Gasteiger partial charge in [0.1, 0.15) is 5.75 Å². The quantitative estimate of drug-likeness (QED) is 0.799. The molecular formula is C16H20N2O3S. The maximum absolute atomic E-state index is 12.4. The lowest BCUT2D eigenvalue weighted by atomic mass is 10.1. The Balaban J connectivity index is 2.09. The van der Waals surface area contributed by atoms with Crippen molar-refractivity contribution in [2.45, 2.75) is 18.2 Å². The molecule has 0 aliphatic carbocycles. The average Bonchev–Trinajstić information content (AvgIpc) is 2.50. The summed E-state index contributed by atoms with van der Waals surface area (Å²) >= 11 is 0. The minimum absolute atomic E-state index is 0.215. The van der Waals surface area contributed by atoms with E-state index in [-0.39, 0.29) is 11.4 Å². The summed E-state index contributed by atoms with van der Waals surface area (Å²) in [7, 11) is -1.98. The molecule has 5 nitrogen and oxygen atoms in total. The molecule has 0 radical (unpaired) electrons. The molecule has 0 heterocycles. The molecule has 0 saturated carbocycles. The molecule has 0 fully saturated rings. The van der Waals surface area contributed by atoms with Gasteiger partial charge in [-0.1, -0.05) is 24.3 Å². The molecule has 0 aliphatic heterocycles. The van der Waals surface area contributed by atoms with Gasteiger partial charge in [0, 0.05) is 12.2 Å². The van der Waals surface area contributed by atoms with Crippen molar-refractivity contribution in [2.75, 3.05) is 19.4 Å². The predicted octanol–water partition coefficient (Wildman–Crippen LogP) is 2.11. The smallest absolute Gasteiger partial charge is 0.240 e. The third-order valence-electron chi connectivity index (χ3n) is 3.38. The number of hydrogen-bond acceptors (Lipinski definition) is 4.